The van der Waals surface area contributed by atoms with E-state index in [1.165, 1.54) is 38.9 Å². The summed E-state index contributed by atoms with van der Waals surface area (Å²) in [7, 11) is 0. The van der Waals surface area contributed by atoms with Crippen molar-refractivity contribution in [3.8, 4) is 0 Å². The molecule has 3 nitrogen and oxygen atoms in total. The first-order valence-electron chi connectivity index (χ1n) is 6.34. The Balaban J connectivity index is 1.74. The lowest BCUT2D eigenvalue weighted by atomic mass is 9.96. The van der Waals surface area contributed by atoms with Crippen LogP contribution in [0.5, 0.6) is 0 Å². The molecule has 0 aromatic carbocycles. The lowest BCUT2D eigenvalue weighted by Crippen LogP contribution is -2.38. The zero-order valence-corrected chi connectivity index (χ0v) is 9.84. The standard InChI is InChI=1S/C12H23N3/c1-2-14-8-5-11(6-9-14)10-15-7-3-4-12(15)13/h11,13H,2-10H2,1H3. The van der Waals surface area contributed by atoms with Gasteiger partial charge < -0.3 is 9.80 Å². The molecule has 0 spiro atoms. The van der Waals surface area contributed by atoms with Crippen LogP contribution in [0.15, 0.2) is 0 Å². The Kier molecular flexibility index (Phi) is 3.62. The van der Waals surface area contributed by atoms with Crippen molar-refractivity contribution in [2.75, 3.05) is 32.7 Å². The highest BCUT2D eigenvalue weighted by atomic mass is 15.2. The number of hydrogen-bond donors (Lipinski definition) is 1. The Morgan fingerprint density at radius 3 is 2.53 bits per heavy atom. The van der Waals surface area contributed by atoms with Crippen molar-refractivity contribution < 1.29 is 0 Å². The van der Waals surface area contributed by atoms with Gasteiger partial charge in [0.25, 0.3) is 0 Å². The number of rotatable bonds is 3. The van der Waals surface area contributed by atoms with E-state index in [4.69, 9.17) is 5.41 Å². The van der Waals surface area contributed by atoms with Crippen molar-refractivity contribution in [1.29, 1.82) is 5.41 Å². The molecular weight excluding hydrogens is 186 g/mol. The predicted molar refractivity (Wildman–Crippen MR) is 63.4 cm³/mol. The van der Waals surface area contributed by atoms with Crippen molar-refractivity contribution in [1.82, 2.24) is 9.80 Å². The van der Waals surface area contributed by atoms with E-state index in [1.807, 2.05) is 0 Å². The molecule has 2 rings (SSSR count). The molecule has 3 heteroatoms. The molecule has 0 radical (unpaired) electrons. The average molecular weight is 209 g/mol. The molecule has 0 unspecified atom stereocenters. The van der Waals surface area contributed by atoms with Crippen LogP contribution in [0.3, 0.4) is 0 Å². The molecular formula is C12H23N3. The highest BCUT2D eigenvalue weighted by Gasteiger charge is 2.23. The lowest BCUT2D eigenvalue weighted by molar-refractivity contribution is 0.174. The van der Waals surface area contributed by atoms with E-state index in [0.29, 0.717) is 0 Å². The summed E-state index contributed by atoms with van der Waals surface area (Å²) in [5.74, 6) is 1.72. The van der Waals surface area contributed by atoms with Gasteiger partial charge in [-0.1, -0.05) is 6.92 Å². The van der Waals surface area contributed by atoms with Crippen LogP contribution in [0.25, 0.3) is 0 Å². The molecule has 0 bridgehead atoms. The molecule has 2 fully saturated rings. The van der Waals surface area contributed by atoms with Crippen LogP contribution in [0.2, 0.25) is 0 Å². The summed E-state index contributed by atoms with van der Waals surface area (Å²) in [6.07, 6.45) is 4.87. The third-order valence-corrected chi connectivity index (χ3v) is 3.86. The van der Waals surface area contributed by atoms with E-state index < -0.39 is 0 Å². The fourth-order valence-corrected chi connectivity index (χ4v) is 2.73. The highest BCUT2D eigenvalue weighted by molar-refractivity contribution is 5.80. The van der Waals surface area contributed by atoms with Crippen molar-refractivity contribution in [3.05, 3.63) is 0 Å². The number of nitrogens with zero attached hydrogens (tertiary/aromatic N) is 2. The van der Waals surface area contributed by atoms with E-state index in [0.717, 1.165) is 31.3 Å². The van der Waals surface area contributed by atoms with Gasteiger partial charge >= 0.3 is 0 Å². The number of likely N-dealkylation sites (tertiary alicyclic amines) is 2. The first-order valence-corrected chi connectivity index (χ1v) is 6.34. The van der Waals surface area contributed by atoms with Crippen LogP contribution in [0, 0.1) is 11.3 Å². The van der Waals surface area contributed by atoms with Crippen molar-refractivity contribution >= 4 is 5.84 Å². The maximum atomic E-state index is 7.82. The van der Waals surface area contributed by atoms with Gasteiger partial charge in [-0.25, -0.2) is 0 Å². The van der Waals surface area contributed by atoms with E-state index in [9.17, 15) is 0 Å². The largest absolute Gasteiger partial charge is 0.360 e. The fraction of sp³-hybridized carbons (Fsp3) is 0.917. The van der Waals surface area contributed by atoms with Gasteiger partial charge in [0.15, 0.2) is 0 Å². The molecule has 2 saturated heterocycles. The lowest BCUT2D eigenvalue weighted by Gasteiger charge is -2.33. The van der Waals surface area contributed by atoms with Crippen LogP contribution in [0.1, 0.15) is 32.6 Å². The normalized spacial score (nSPS) is 25.1. The summed E-state index contributed by atoms with van der Waals surface area (Å²) in [6.45, 7) is 8.26. The summed E-state index contributed by atoms with van der Waals surface area (Å²) in [6, 6.07) is 0. The van der Waals surface area contributed by atoms with Crippen LogP contribution in [0.4, 0.5) is 0 Å². The molecule has 0 aromatic rings. The molecule has 2 aliphatic heterocycles. The second-order valence-electron chi connectivity index (χ2n) is 4.87. The topological polar surface area (TPSA) is 30.3 Å². The number of nitrogens with one attached hydrogen (secondary N) is 1. The van der Waals surface area contributed by atoms with Gasteiger partial charge in [-0.3, -0.25) is 5.41 Å². The van der Waals surface area contributed by atoms with Gasteiger partial charge in [-0.2, -0.15) is 0 Å². The minimum atomic E-state index is 0.839. The van der Waals surface area contributed by atoms with Gasteiger partial charge in [0, 0.05) is 19.5 Å². The predicted octanol–water partition coefficient (Wildman–Crippen LogP) is 1.79. The zero-order valence-electron chi connectivity index (χ0n) is 9.84. The minimum Gasteiger partial charge on any atom is -0.360 e. The van der Waals surface area contributed by atoms with Gasteiger partial charge in [-0.05, 0) is 44.8 Å². The summed E-state index contributed by atoms with van der Waals surface area (Å²) < 4.78 is 0. The highest BCUT2D eigenvalue weighted by Crippen LogP contribution is 2.20. The summed E-state index contributed by atoms with van der Waals surface area (Å²) in [5.41, 5.74) is 0. The van der Waals surface area contributed by atoms with Crippen molar-refractivity contribution in [3.63, 3.8) is 0 Å². The smallest absolute Gasteiger partial charge is 0.0958 e. The second kappa shape index (κ2) is 4.97. The third kappa shape index (κ3) is 2.71. The van der Waals surface area contributed by atoms with E-state index in [2.05, 4.69) is 16.7 Å². The van der Waals surface area contributed by atoms with Gasteiger partial charge in [0.1, 0.15) is 0 Å². The van der Waals surface area contributed by atoms with E-state index >= 15 is 0 Å². The number of amidine groups is 1. The number of hydrogen-bond acceptors (Lipinski definition) is 2. The van der Waals surface area contributed by atoms with Crippen molar-refractivity contribution in [2.24, 2.45) is 5.92 Å². The van der Waals surface area contributed by atoms with Crippen LogP contribution >= 0.6 is 0 Å². The Hall–Kier alpha value is -0.570. The van der Waals surface area contributed by atoms with Gasteiger partial charge in [0.05, 0.1) is 5.84 Å². The second-order valence-corrected chi connectivity index (χ2v) is 4.87. The Morgan fingerprint density at radius 1 is 1.27 bits per heavy atom. The fourth-order valence-electron chi connectivity index (χ4n) is 2.73. The average Bonchev–Trinajstić information content (AvgIpc) is 2.66. The maximum absolute atomic E-state index is 7.82. The monoisotopic (exact) mass is 209 g/mol. The van der Waals surface area contributed by atoms with Gasteiger partial charge in [0.2, 0.25) is 0 Å². The molecule has 0 amide bonds. The van der Waals surface area contributed by atoms with Crippen molar-refractivity contribution in [2.45, 2.75) is 32.6 Å². The summed E-state index contributed by atoms with van der Waals surface area (Å²) >= 11 is 0. The Bertz CT molecular complexity index is 219. The van der Waals surface area contributed by atoms with Crippen LogP contribution in [-0.4, -0.2) is 48.4 Å². The molecule has 2 heterocycles. The summed E-state index contributed by atoms with van der Waals surface area (Å²) in [5, 5.41) is 7.82. The van der Waals surface area contributed by atoms with Crippen LogP contribution in [-0.2, 0) is 0 Å². The first-order chi connectivity index (χ1) is 7.29. The zero-order chi connectivity index (χ0) is 10.7. The molecule has 1 N–H and O–H groups in total. The summed E-state index contributed by atoms with van der Waals surface area (Å²) in [4.78, 5) is 4.83. The SMILES string of the molecule is CCN1CCC(CN2CCCC2=N)CC1. The number of piperidine rings is 1. The molecule has 15 heavy (non-hydrogen) atoms. The molecule has 2 aliphatic rings. The van der Waals surface area contributed by atoms with E-state index in [-0.39, 0.29) is 0 Å². The molecule has 0 saturated carbocycles. The van der Waals surface area contributed by atoms with Gasteiger partial charge in [-0.15, -0.1) is 0 Å². The Morgan fingerprint density at radius 2 is 2.00 bits per heavy atom. The first kappa shape index (κ1) is 10.9. The minimum absolute atomic E-state index is 0.839. The molecule has 0 aromatic heterocycles. The molecule has 0 atom stereocenters. The third-order valence-electron chi connectivity index (χ3n) is 3.86. The molecule has 86 valence electrons. The quantitative estimate of drug-likeness (QED) is 0.768. The molecule has 0 aliphatic carbocycles. The Labute approximate surface area is 92.9 Å². The van der Waals surface area contributed by atoms with Crippen LogP contribution < -0.4 is 0 Å². The maximum Gasteiger partial charge on any atom is 0.0958 e. The van der Waals surface area contributed by atoms with E-state index in [1.54, 1.807) is 0 Å².